The van der Waals surface area contributed by atoms with Gasteiger partial charge in [-0.05, 0) is 38.8 Å². The number of hydrogen-bond acceptors (Lipinski definition) is 7. The van der Waals surface area contributed by atoms with Crippen LogP contribution in [0.25, 0.3) is 5.65 Å². The second kappa shape index (κ2) is 9.46. The Hall–Kier alpha value is -3.18. The van der Waals surface area contributed by atoms with E-state index < -0.39 is 10.0 Å². The van der Waals surface area contributed by atoms with E-state index in [1.165, 1.54) is 0 Å². The molecule has 3 aromatic rings. The van der Waals surface area contributed by atoms with Crippen molar-refractivity contribution in [3.05, 3.63) is 52.8 Å². The number of anilines is 2. The molecule has 1 saturated heterocycles. The molecule has 3 heterocycles. The molecule has 11 heteroatoms. The summed E-state index contributed by atoms with van der Waals surface area (Å²) in [5.74, 6) is 0.616. The predicted molar refractivity (Wildman–Crippen MR) is 137 cm³/mol. The molecule has 0 spiro atoms. The highest BCUT2D eigenvalue weighted by Crippen LogP contribution is 2.29. The van der Waals surface area contributed by atoms with E-state index in [0.29, 0.717) is 17.6 Å². The summed E-state index contributed by atoms with van der Waals surface area (Å²) >= 11 is 0. The third-order valence-electron chi connectivity index (χ3n) is 6.37. The minimum Gasteiger partial charge on any atom is -0.355 e. The molecule has 4 rings (SSSR count). The minimum atomic E-state index is -3.54. The Morgan fingerprint density at radius 3 is 2.69 bits per heavy atom. The van der Waals surface area contributed by atoms with Crippen LogP contribution in [0.15, 0.2) is 30.5 Å². The van der Waals surface area contributed by atoms with Crippen LogP contribution in [0.3, 0.4) is 0 Å². The molecule has 1 amide bonds. The van der Waals surface area contributed by atoms with Crippen molar-refractivity contribution in [1.29, 1.82) is 0 Å². The maximum atomic E-state index is 13.5. The van der Waals surface area contributed by atoms with Crippen LogP contribution >= 0.6 is 0 Å². The quantitative estimate of drug-likeness (QED) is 0.511. The van der Waals surface area contributed by atoms with E-state index in [-0.39, 0.29) is 23.7 Å². The number of nitrogens with zero attached hydrogens (tertiary/aromatic N) is 5. The minimum absolute atomic E-state index is 0.153. The lowest BCUT2D eigenvalue weighted by molar-refractivity contribution is 0.0723. The van der Waals surface area contributed by atoms with Gasteiger partial charge in [-0.3, -0.25) is 9.52 Å². The maximum Gasteiger partial charge on any atom is 0.256 e. The van der Waals surface area contributed by atoms with E-state index in [1.807, 2.05) is 33.0 Å². The Balaban J connectivity index is 1.66. The standard InChI is InChI=1S/C24H33N7O3S/c1-6-21(29(4)24(32)18-11-15(2)7-8-19(18)28-35(5,33)34)20-12-22-26-23(16(3)13-31(22)27-20)30-10-9-17(25)14-30/h7-8,11-13,17,21,28H,6,9-10,14,25H2,1-5H3/t17-,21-/m0/s1. The lowest BCUT2D eigenvalue weighted by Gasteiger charge is -2.27. The van der Waals surface area contributed by atoms with Gasteiger partial charge in [-0.15, -0.1) is 0 Å². The Bertz CT molecular complexity index is 1370. The first-order valence-electron chi connectivity index (χ1n) is 11.7. The number of rotatable bonds is 7. The SMILES string of the molecule is CC[C@@H](c1cc2nc(N3CC[C@H](N)C3)c(C)cn2n1)N(C)C(=O)c1cc(C)ccc1NS(C)(=O)=O. The molecule has 1 aliphatic rings. The number of amides is 1. The fourth-order valence-electron chi connectivity index (χ4n) is 4.62. The van der Waals surface area contributed by atoms with Gasteiger partial charge in [0.15, 0.2) is 5.65 Å². The van der Waals surface area contributed by atoms with Crippen LogP contribution < -0.4 is 15.4 Å². The molecule has 1 fully saturated rings. The summed E-state index contributed by atoms with van der Waals surface area (Å²) in [6, 6.07) is 6.81. The number of fused-ring (bicyclic) bond motifs is 1. The molecule has 2 atom stereocenters. The summed E-state index contributed by atoms with van der Waals surface area (Å²) in [7, 11) is -1.83. The number of carbonyl (C=O) groups excluding carboxylic acids is 1. The molecular formula is C24H33N7O3S. The molecule has 1 aromatic carbocycles. The second-order valence-corrected chi connectivity index (χ2v) is 11.1. The van der Waals surface area contributed by atoms with E-state index in [1.54, 1.807) is 34.7 Å². The number of aromatic nitrogens is 3. The Morgan fingerprint density at radius 2 is 2.06 bits per heavy atom. The number of nitrogens with two attached hydrogens (primary N) is 1. The number of hydrogen-bond donors (Lipinski definition) is 2. The number of benzene rings is 1. The monoisotopic (exact) mass is 499 g/mol. The molecule has 0 saturated carbocycles. The van der Waals surface area contributed by atoms with Crippen molar-refractivity contribution in [2.24, 2.45) is 5.73 Å². The van der Waals surface area contributed by atoms with E-state index in [0.717, 1.165) is 48.4 Å². The predicted octanol–water partition coefficient (Wildman–Crippen LogP) is 2.48. The Kier molecular flexibility index (Phi) is 6.74. The largest absolute Gasteiger partial charge is 0.355 e. The number of nitrogens with one attached hydrogen (secondary N) is 1. The van der Waals surface area contributed by atoms with Crippen LogP contribution in [0, 0.1) is 13.8 Å². The van der Waals surface area contributed by atoms with Crippen molar-refractivity contribution in [2.75, 3.05) is 36.0 Å². The molecule has 0 bridgehead atoms. The van der Waals surface area contributed by atoms with Crippen LogP contribution in [-0.2, 0) is 10.0 Å². The number of sulfonamides is 1. The van der Waals surface area contributed by atoms with Crippen LogP contribution in [-0.4, -0.2) is 66.3 Å². The van der Waals surface area contributed by atoms with Gasteiger partial charge in [0, 0.05) is 44.0 Å². The fraction of sp³-hybridized carbons (Fsp3) is 0.458. The first-order chi connectivity index (χ1) is 16.5. The molecule has 0 radical (unpaired) electrons. The maximum absolute atomic E-state index is 13.5. The van der Waals surface area contributed by atoms with E-state index in [2.05, 4.69) is 9.62 Å². The average Bonchev–Trinajstić information content (AvgIpc) is 3.39. The zero-order valence-electron chi connectivity index (χ0n) is 20.8. The van der Waals surface area contributed by atoms with E-state index in [4.69, 9.17) is 15.8 Å². The van der Waals surface area contributed by atoms with Crippen LogP contribution in [0.4, 0.5) is 11.5 Å². The molecule has 3 N–H and O–H groups in total. The van der Waals surface area contributed by atoms with E-state index >= 15 is 0 Å². The van der Waals surface area contributed by atoms with Crippen LogP contribution in [0.1, 0.15) is 53.0 Å². The average molecular weight is 500 g/mol. The van der Waals surface area contributed by atoms with Crippen molar-refractivity contribution in [1.82, 2.24) is 19.5 Å². The number of aryl methyl sites for hydroxylation is 2. The van der Waals surface area contributed by atoms with Crippen molar-refractivity contribution in [3.8, 4) is 0 Å². The molecule has 0 unspecified atom stereocenters. The first-order valence-corrected chi connectivity index (χ1v) is 13.6. The molecule has 10 nitrogen and oxygen atoms in total. The fourth-order valence-corrected chi connectivity index (χ4v) is 5.20. The van der Waals surface area contributed by atoms with Gasteiger partial charge in [0.25, 0.3) is 5.91 Å². The molecule has 2 aromatic heterocycles. The van der Waals surface area contributed by atoms with Gasteiger partial charge in [0.2, 0.25) is 10.0 Å². The van der Waals surface area contributed by atoms with Gasteiger partial charge in [-0.25, -0.2) is 17.9 Å². The lowest BCUT2D eigenvalue weighted by atomic mass is 10.1. The van der Waals surface area contributed by atoms with Gasteiger partial charge in [-0.2, -0.15) is 5.10 Å². The zero-order valence-corrected chi connectivity index (χ0v) is 21.6. The van der Waals surface area contributed by atoms with Gasteiger partial charge in [0.05, 0.1) is 29.2 Å². The van der Waals surface area contributed by atoms with Crippen LogP contribution in [0.5, 0.6) is 0 Å². The Labute approximate surface area is 206 Å². The smallest absolute Gasteiger partial charge is 0.256 e. The highest BCUT2D eigenvalue weighted by molar-refractivity contribution is 7.92. The van der Waals surface area contributed by atoms with Crippen LogP contribution in [0.2, 0.25) is 0 Å². The summed E-state index contributed by atoms with van der Waals surface area (Å²) < 4.78 is 27.9. The Morgan fingerprint density at radius 1 is 1.31 bits per heavy atom. The second-order valence-electron chi connectivity index (χ2n) is 9.38. The summed E-state index contributed by atoms with van der Waals surface area (Å²) in [4.78, 5) is 22.2. The van der Waals surface area contributed by atoms with E-state index in [9.17, 15) is 13.2 Å². The summed E-state index contributed by atoms with van der Waals surface area (Å²) in [5, 5.41) is 4.73. The van der Waals surface area contributed by atoms with Gasteiger partial charge in [0.1, 0.15) is 5.82 Å². The molecule has 0 aliphatic carbocycles. The summed E-state index contributed by atoms with van der Waals surface area (Å²) in [6.07, 6.45) is 4.58. The van der Waals surface area contributed by atoms with Crippen molar-refractivity contribution < 1.29 is 13.2 Å². The normalized spacial score (nSPS) is 17.1. The molecule has 188 valence electrons. The molecular weight excluding hydrogens is 466 g/mol. The van der Waals surface area contributed by atoms with Gasteiger partial charge < -0.3 is 15.5 Å². The van der Waals surface area contributed by atoms with Gasteiger partial charge in [-0.1, -0.05) is 18.6 Å². The van der Waals surface area contributed by atoms with Crippen molar-refractivity contribution >= 4 is 33.1 Å². The summed E-state index contributed by atoms with van der Waals surface area (Å²) in [5.41, 5.74) is 9.92. The topological polar surface area (TPSA) is 126 Å². The molecule has 1 aliphatic heterocycles. The molecule has 35 heavy (non-hydrogen) atoms. The third kappa shape index (κ3) is 5.25. The summed E-state index contributed by atoms with van der Waals surface area (Å²) in [6.45, 7) is 7.51. The number of carbonyl (C=O) groups is 1. The lowest BCUT2D eigenvalue weighted by Crippen LogP contribution is -2.32. The highest BCUT2D eigenvalue weighted by Gasteiger charge is 2.27. The zero-order chi connectivity index (χ0) is 25.5. The first kappa shape index (κ1) is 24.9. The van der Waals surface area contributed by atoms with Crippen molar-refractivity contribution in [3.63, 3.8) is 0 Å². The van der Waals surface area contributed by atoms with Crippen molar-refractivity contribution in [2.45, 2.75) is 45.7 Å². The highest BCUT2D eigenvalue weighted by atomic mass is 32.2. The van der Waals surface area contributed by atoms with Gasteiger partial charge >= 0.3 is 0 Å². The third-order valence-corrected chi connectivity index (χ3v) is 6.96.